The molecular weight excluding hydrogens is 276 g/mol. The average molecular weight is 290 g/mol. The summed E-state index contributed by atoms with van der Waals surface area (Å²) in [5.41, 5.74) is 2.53. The topological polar surface area (TPSA) is 9.23 Å². The molecule has 0 amide bonds. The van der Waals surface area contributed by atoms with Gasteiger partial charge in [-0.25, -0.2) is 0 Å². The first-order valence-corrected chi connectivity index (χ1v) is 7.87. The Morgan fingerprint density at radius 1 is 0.667 bits per heavy atom. The zero-order valence-electron chi connectivity index (χ0n) is 11.4. The summed E-state index contributed by atoms with van der Waals surface area (Å²) in [4.78, 5) is 1.18. The Hall–Kier alpha value is -2.19. The maximum Gasteiger partial charge on any atom is 0.141 e. The molecule has 1 unspecified atom stereocenters. The summed E-state index contributed by atoms with van der Waals surface area (Å²) < 4.78 is 6.13. The van der Waals surface area contributed by atoms with E-state index in [1.807, 2.05) is 36.0 Å². The van der Waals surface area contributed by atoms with Crippen molar-refractivity contribution in [3.63, 3.8) is 0 Å². The lowest BCUT2D eigenvalue weighted by atomic mass is 10.0. The summed E-state index contributed by atoms with van der Waals surface area (Å²) in [5, 5.41) is 0.256. The van der Waals surface area contributed by atoms with Crippen molar-refractivity contribution in [2.75, 3.05) is 0 Å². The van der Waals surface area contributed by atoms with Crippen LogP contribution in [0.1, 0.15) is 16.4 Å². The van der Waals surface area contributed by atoms with Gasteiger partial charge in [0.2, 0.25) is 0 Å². The number of rotatable bonds is 1. The minimum absolute atomic E-state index is 0.256. The molecule has 1 heterocycles. The molecule has 4 rings (SSSR count). The standard InChI is InChI=1S/C19H14OS/c1-2-8-14(9-3-1)19-15-10-4-5-11-16(15)20-17-12-6-7-13-18(17)21-19/h1-13,19H. The largest absolute Gasteiger partial charge is 0.456 e. The summed E-state index contributed by atoms with van der Waals surface area (Å²) in [6, 6.07) is 27.2. The third-order valence-corrected chi connectivity index (χ3v) is 4.97. The van der Waals surface area contributed by atoms with Gasteiger partial charge in [0.05, 0.1) is 10.1 Å². The van der Waals surface area contributed by atoms with Crippen LogP contribution in [0.25, 0.3) is 0 Å². The molecule has 102 valence electrons. The molecule has 3 aromatic carbocycles. The summed E-state index contributed by atoms with van der Waals surface area (Å²) >= 11 is 1.85. The maximum atomic E-state index is 6.13. The zero-order valence-corrected chi connectivity index (χ0v) is 12.2. The fraction of sp³-hybridized carbons (Fsp3) is 0.0526. The third-order valence-electron chi connectivity index (χ3n) is 3.62. The quantitative estimate of drug-likeness (QED) is 0.570. The van der Waals surface area contributed by atoms with Crippen molar-refractivity contribution in [3.05, 3.63) is 90.0 Å². The van der Waals surface area contributed by atoms with E-state index in [0.717, 1.165) is 11.5 Å². The van der Waals surface area contributed by atoms with E-state index < -0.39 is 0 Å². The second kappa shape index (κ2) is 5.30. The van der Waals surface area contributed by atoms with Crippen LogP contribution in [0.15, 0.2) is 83.8 Å². The lowest BCUT2D eigenvalue weighted by molar-refractivity contribution is 0.468. The van der Waals surface area contributed by atoms with Crippen LogP contribution >= 0.6 is 11.8 Å². The second-order valence-corrected chi connectivity index (χ2v) is 6.14. The Balaban J connectivity index is 1.90. The minimum atomic E-state index is 0.256. The molecule has 1 nitrogen and oxygen atoms in total. The molecule has 2 heteroatoms. The molecule has 21 heavy (non-hydrogen) atoms. The number of ether oxygens (including phenoxy) is 1. The van der Waals surface area contributed by atoms with E-state index in [9.17, 15) is 0 Å². The van der Waals surface area contributed by atoms with Gasteiger partial charge in [0.25, 0.3) is 0 Å². The van der Waals surface area contributed by atoms with Crippen LogP contribution in [-0.2, 0) is 0 Å². The Bertz CT molecular complexity index is 767. The predicted molar refractivity (Wildman–Crippen MR) is 87.1 cm³/mol. The van der Waals surface area contributed by atoms with E-state index in [1.54, 1.807) is 0 Å². The van der Waals surface area contributed by atoms with Gasteiger partial charge >= 0.3 is 0 Å². The highest BCUT2D eigenvalue weighted by molar-refractivity contribution is 7.99. The van der Waals surface area contributed by atoms with Crippen LogP contribution in [0.4, 0.5) is 0 Å². The normalized spacial score (nSPS) is 16.3. The highest BCUT2D eigenvalue weighted by Crippen LogP contribution is 2.50. The van der Waals surface area contributed by atoms with Gasteiger partial charge < -0.3 is 4.74 Å². The van der Waals surface area contributed by atoms with Crippen LogP contribution in [-0.4, -0.2) is 0 Å². The smallest absolute Gasteiger partial charge is 0.141 e. The maximum absolute atomic E-state index is 6.13. The molecule has 0 N–H and O–H groups in total. The SMILES string of the molecule is c1ccc(C2Sc3ccccc3Oc3ccccc32)cc1. The number of para-hydroxylation sites is 2. The summed E-state index contributed by atoms with van der Waals surface area (Å²) in [6.07, 6.45) is 0. The molecule has 0 fully saturated rings. The Labute approximate surface area is 128 Å². The molecule has 0 saturated carbocycles. The van der Waals surface area contributed by atoms with Gasteiger partial charge in [-0.15, -0.1) is 11.8 Å². The van der Waals surface area contributed by atoms with Gasteiger partial charge in [0.1, 0.15) is 11.5 Å². The van der Waals surface area contributed by atoms with Crippen LogP contribution in [0.5, 0.6) is 11.5 Å². The lowest BCUT2D eigenvalue weighted by Gasteiger charge is -2.16. The third kappa shape index (κ3) is 2.32. The Kier molecular flexibility index (Phi) is 3.17. The number of hydrogen-bond donors (Lipinski definition) is 0. The lowest BCUT2D eigenvalue weighted by Crippen LogP contribution is -1.96. The van der Waals surface area contributed by atoms with E-state index in [4.69, 9.17) is 4.74 Å². The van der Waals surface area contributed by atoms with E-state index >= 15 is 0 Å². The Morgan fingerprint density at radius 3 is 2.19 bits per heavy atom. The first-order chi connectivity index (χ1) is 10.4. The Morgan fingerprint density at radius 2 is 1.33 bits per heavy atom. The highest BCUT2D eigenvalue weighted by Gasteiger charge is 2.24. The molecular formula is C19H14OS. The minimum Gasteiger partial charge on any atom is -0.456 e. The molecule has 1 aliphatic heterocycles. The first kappa shape index (κ1) is 12.5. The van der Waals surface area contributed by atoms with Gasteiger partial charge in [-0.1, -0.05) is 60.7 Å². The van der Waals surface area contributed by atoms with Crippen molar-refractivity contribution in [2.24, 2.45) is 0 Å². The fourth-order valence-corrected chi connectivity index (χ4v) is 3.86. The molecule has 0 radical (unpaired) electrons. The molecule has 0 spiro atoms. The highest BCUT2D eigenvalue weighted by atomic mass is 32.2. The molecule has 0 bridgehead atoms. The monoisotopic (exact) mass is 290 g/mol. The number of thioether (sulfide) groups is 1. The van der Waals surface area contributed by atoms with Crippen molar-refractivity contribution in [1.82, 2.24) is 0 Å². The van der Waals surface area contributed by atoms with Crippen molar-refractivity contribution < 1.29 is 4.74 Å². The summed E-state index contributed by atoms with van der Waals surface area (Å²) in [7, 11) is 0. The van der Waals surface area contributed by atoms with Crippen molar-refractivity contribution in [2.45, 2.75) is 10.1 Å². The van der Waals surface area contributed by atoms with Gasteiger partial charge in [-0.05, 0) is 23.8 Å². The molecule has 3 aromatic rings. The predicted octanol–water partition coefficient (Wildman–Crippen LogP) is 5.67. The van der Waals surface area contributed by atoms with Crippen LogP contribution in [0.3, 0.4) is 0 Å². The summed E-state index contributed by atoms with van der Waals surface area (Å²) in [6.45, 7) is 0. The molecule has 0 aliphatic carbocycles. The van der Waals surface area contributed by atoms with Gasteiger partial charge in [0.15, 0.2) is 0 Å². The first-order valence-electron chi connectivity index (χ1n) is 6.99. The number of hydrogen-bond acceptors (Lipinski definition) is 2. The fourth-order valence-electron chi connectivity index (χ4n) is 2.61. The second-order valence-electron chi connectivity index (χ2n) is 5.00. The zero-order chi connectivity index (χ0) is 14.1. The van der Waals surface area contributed by atoms with Crippen LogP contribution in [0.2, 0.25) is 0 Å². The van der Waals surface area contributed by atoms with E-state index in [0.29, 0.717) is 0 Å². The van der Waals surface area contributed by atoms with E-state index in [2.05, 4.69) is 54.6 Å². The average Bonchev–Trinajstić information content (AvgIpc) is 2.72. The molecule has 0 aromatic heterocycles. The molecule has 0 saturated heterocycles. The van der Waals surface area contributed by atoms with Crippen LogP contribution < -0.4 is 4.74 Å². The van der Waals surface area contributed by atoms with Crippen molar-refractivity contribution in [1.29, 1.82) is 0 Å². The van der Waals surface area contributed by atoms with Crippen molar-refractivity contribution >= 4 is 11.8 Å². The van der Waals surface area contributed by atoms with Crippen molar-refractivity contribution in [3.8, 4) is 11.5 Å². The van der Waals surface area contributed by atoms with Gasteiger partial charge in [-0.3, -0.25) is 0 Å². The van der Waals surface area contributed by atoms with E-state index in [1.165, 1.54) is 16.0 Å². The van der Waals surface area contributed by atoms with E-state index in [-0.39, 0.29) is 5.25 Å². The number of fused-ring (bicyclic) bond motifs is 2. The number of benzene rings is 3. The molecule has 1 atom stereocenters. The van der Waals surface area contributed by atoms with Gasteiger partial charge in [-0.2, -0.15) is 0 Å². The van der Waals surface area contributed by atoms with Gasteiger partial charge in [0, 0.05) is 5.56 Å². The molecule has 1 aliphatic rings. The summed E-state index contributed by atoms with van der Waals surface area (Å²) in [5.74, 6) is 1.89. The van der Waals surface area contributed by atoms with Crippen LogP contribution in [0, 0.1) is 0 Å².